The molecule has 0 saturated carbocycles. The minimum atomic E-state index is -2.93. The van der Waals surface area contributed by atoms with E-state index in [1.54, 1.807) is 6.92 Å². The van der Waals surface area contributed by atoms with Gasteiger partial charge in [0.1, 0.15) is 12.4 Å². The number of halogens is 4. The molecule has 2 aromatic carbocycles. The molecular formula is C22H20F4O3. The smallest absolute Gasteiger partial charge is 0.303 e. The average Bonchev–Trinajstić information content (AvgIpc) is 2.96. The van der Waals surface area contributed by atoms with E-state index in [1.807, 2.05) is 0 Å². The third-order valence-corrected chi connectivity index (χ3v) is 4.93. The molecule has 2 aromatic rings. The van der Waals surface area contributed by atoms with Gasteiger partial charge in [-0.05, 0) is 65.4 Å². The standard InChI is InChI=1S/C22H20F4O3/c1-13-8-20(19(24)9-15(13)4-7-21(27)28)29-12-16-10-22(25,26)11-18(16)14-2-5-17(23)6-3-14/h2-3,5-6,8-9H,4,7,10-12H2,1H3,(H,27,28). The van der Waals surface area contributed by atoms with Crippen LogP contribution in [0.4, 0.5) is 17.6 Å². The number of benzene rings is 2. The predicted molar refractivity (Wildman–Crippen MR) is 100 cm³/mol. The molecule has 0 heterocycles. The zero-order valence-electron chi connectivity index (χ0n) is 15.8. The van der Waals surface area contributed by atoms with Crippen LogP contribution in [-0.4, -0.2) is 23.6 Å². The molecule has 0 spiro atoms. The molecule has 1 N–H and O–H groups in total. The largest absolute Gasteiger partial charge is 0.486 e. The molecule has 29 heavy (non-hydrogen) atoms. The second kappa shape index (κ2) is 8.27. The van der Waals surface area contributed by atoms with Gasteiger partial charge in [-0.2, -0.15) is 0 Å². The summed E-state index contributed by atoms with van der Waals surface area (Å²) in [6, 6.07) is 7.94. The van der Waals surface area contributed by atoms with Gasteiger partial charge < -0.3 is 9.84 Å². The first kappa shape index (κ1) is 20.9. The summed E-state index contributed by atoms with van der Waals surface area (Å²) in [4.78, 5) is 10.7. The highest BCUT2D eigenvalue weighted by atomic mass is 19.3. The van der Waals surface area contributed by atoms with Crippen LogP contribution < -0.4 is 4.74 Å². The Morgan fingerprint density at radius 3 is 2.48 bits per heavy atom. The fourth-order valence-electron chi connectivity index (χ4n) is 3.44. The highest BCUT2D eigenvalue weighted by molar-refractivity contribution is 5.72. The van der Waals surface area contributed by atoms with Gasteiger partial charge in [-0.15, -0.1) is 0 Å². The van der Waals surface area contributed by atoms with E-state index in [1.165, 1.54) is 36.4 Å². The van der Waals surface area contributed by atoms with Crippen LogP contribution in [0.25, 0.3) is 5.57 Å². The zero-order valence-corrected chi connectivity index (χ0v) is 15.8. The van der Waals surface area contributed by atoms with Gasteiger partial charge in [0.2, 0.25) is 0 Å². The molecule has 0 aliphatic heterocycles. The lowest BCUT2D eigenvalue weighted by molar-refractivity contribution is -0.136. The molecule has 1 aliphatic carbocycles. The summed E-state index contributed by atoms with van der Waals surface area (Å²) in [5.74, 6) is -5.13. The number of aryl methyl sites for hydroxylation is 2. The minimum absolute atomic E-state index is 0.0808. The van der Waals surface area contributed by atoms with Crippen molar-refractivity contribution in [1.29, 1.82) is 0 Å². The van der Waals surface area contributed by atoms with E-state index in [2.05, 4.69) is 0 Å². The van der Waals surface area contributed by atoms with Gasteiger partial charge in [-0.1, -0.05) is 12.1 Å². The summed E-state index contributed by atoms with van der Waals surface area (Å²) in [5.41, 5.74) is 2.42. The summed E-state index contributed by atoms with van der Waals surface area (Å²) in [5, 5.41) is 8.77. The quantitative estimate of drug-likeness (QED) is 0.611. The Balaban J connectivity index is 1.79. The Labute approximate surface area is 165 Å². The van der Waals surface area contributed by atoms with Gasteiger partial charge in [0.15, 0.2) is 11.6 Å². The van der Waals surface area contributed by atoms with Crippen molar-refractivity contribution in [3.05, 3.63) is 70.3 Å². The topological polar surface area (TPSA) is 46.5 Å². The first-order valence-electron chi connectivity index (χ1n) is 9.13. The Bertz CT molecular complexity index is 949. The molecule has 0 atom stereocenters. The number of aliphatic carboxylic acids is 1. The first-order valence-corrected chi connectivity index (χ1v) is 9.13. The fraction of sp³-hybridized carbons (Fsp3) is 0.318. The van der Waals surface area contributed by atoms with E-state index in [4.69, 9.17) is 9.84 Å². The lowest BCUT2D eigenvalue weighted by Crippen LogP contribution is -2.12. The molecule has 0 unspecified atom stereocenters. The molecule has 0 radical (unpaired) electrons. The van der Waals surface area contributed by atoms with E-state index < -0.39 is 36.4 Å². The molecule has 0 fully saturated rings. The molecular weight excluding hydrogens is 388 g/mol. The first-order chi connectivity index (χ1) is 13.6. The Hall–Kier alpha value is -2.83. The second-order valence-electron chi connectivity index (χ2n) is 7.19. The summed E-state index contributed by atoms with van der Waals surface area (Å²) in [6.07, 6.45) is -0.919. The monoisotopic (exact) mass is 408 g/mol. The lowest BCUT2D eigenvalue weighted by Gasteiger charge is -2.13. The molecule has 7 heteroatoms. The third kappa shape index (κ3) is 5.16. The molecule has 3 rings (SSSR count). The van der Waals surface area contributed by atoms with Crippen LogP contribution in [0.3, 0.4) is 0 Å². The van der Waals surface area contributed by atoms with E-state index >= 15 is 0 Å². The average molecular weight is 408 g/mol. The molecule has 0 amide bonds. The molecule has 0 saturated heterocycles. The number of hydrogen-bond donors (Lipinski definition) is 1. The van der Waals surface area contributed by atoms with E-state index in [9.17, 15) is 22.4 Å². The molecule has 0 aromatic heterocycles. The van der Waals surface area contributed by atoms with E-state index in [0.29, 0.717) is 27.8 Å². The van der Waals surface area contributed by atoms with Crippen LogP contribution in [0, 0.1) is 18.6 Å². The molecule has 0 bridgehead atoms. The highest BCUT2D eigenvalue weighted by Crippen LogP contribution is 2.44. The number of carboxylic acid groups (broad SMARTS) is 1. The van der Waals surface area contributed by atoms with Gasteiger partial charge in [-0.3, -0.25) is 4.79 Å². The van der Waals surface area contributed by atoms with Crippen molar-refractivity contribution in [1.82, 2.24) is 0 Å². The van der Waals surface area contributed by atoms with Crippen molar-refractivity contribution in [2.75, 3.05) is 6.61 Å². The minimum Gasteiger partial charge on any atom is -0.486 e. The van der Waals surface area contributed by atoms with Gasteiger partial charge in [0, 0.05) is 19.3 Å². The summed E-state index contributed by atoms with van der Waals surface area (Å²) >= 11 is 0. The number of allylic oxidation sites excluding steroid dienone is 1. The van der Waals surface area contributed by atoms with Crippen molar-refractivity contribution >= 4 is 11.5 Å². The molecule has 154 valence electrons. The van der Waals surface area contributed by atoms with Crippen LogP contribution in [-0.2, 0) is 11.2 Å². The van der Waals surface area contributed by atoms with E-state index in [0.717, 1.165) is 0 Å². The zero-order chi connectivity index (χ0) is 21.2. The van der Waals surface area contributed by atoms with Gasteiger partial charge >= 0.3 is 5.97 Å². The Morgan fingerprint density at radius 2 is 1.83 bits per heavy atom. The molecule has 1 aliphatic rings. The fourth-order valence-corrected chi connectivity index (χ4v) is 3.44. The maximum Gasteiger partial charge on any atom is 0.303 e. The van der Waals surface area contributed by atoms with Crippen molar-refractivity contribution in [3.63, 3.8) is 0 Å². The van der Waals surface area contributed by atoms with Crippen molar-refractivity contribution in [2.45, 2.75) is 38.5 Å². The van der Waals surface area contributed by atoms with Crippen molar-refractivity contribution in [3.8, 4) is 5.75 Å². The Kier molecular flexibility index (Phi) is 5.96. The molecule has 3 nitrogen and oxygen atoms in total. The summed E-state index contributed by atoms with van der Waals surface area (Å²) in [6.45, 7) is 1.49. The summed E-state index contributed by atoms with van der Waals surface area (Å²) in [7, 11) is 0. The maximum atomic E-state index is 14.4. The number of carboxylic acids is 1. The van der Waals surface area contributed by atoms with E-state index in [-0.39, 0.29) is 25.2 Å². The normalized spacial score (nSPS) is 15.6. The predicted octanol–water partition coefficient (Wildman–Crippen LogP) is 5.55. The van der Waals surface area contributed by atoms with Gasteiger partial charge in [0.05, 0.1) is 0 Å². The second-order valence-corrected chi connectivity index (χ2v) is 7.19. The number of rotatable bonds is 7. The maximum absolute atomic E-state index is 14.4. The van der Waals surface area contributed by atoms with Gasteiger partial charge in [0.25, 0.3) is 5.92 Å². The van der Waals surface area contributed by atoms with Crippen LogP contribution in [0.1, 0.15) is 36.0 Å². The van der Waals surface area contributed by atoms with Crippen LogP contribution in [0.5, 0.6) is 5.75 Å². The number of carbonyl (C=O) groups is 1. The Morgan fingerprint density at radius 1 is 1.14 bits per heavy atom. The highest BCUT2D eigenvalue weighted by Gasteiger charge is 2.39. The SMILES string of the molecule is Cc1cc(OCC2=C(c3ccc(F)cc3)CC(F)(F)C2)c(F)cc1CCC(=O)O. The van der Waals surface area contributed by atoms with Crippen molar-refractivity contribution in [2.24, 2.45) is 0 Å². The number of ether oxygens (including phenoxy) is 1. The summed E-state index contributed by atoms with van der Waals surface area (Å²) < 4.78 is 61.0. The van der Waals surface area contributed by atoms with Crippen molar-refractivity contribution < 1.29 is 32.2 Å². The number of alkyl halides is 2. The number of hydrogen-bond acceptors (Lipinski definition) is 2. The van der Waals surface area contributed by atoms with Crippen LogP contribution in [0.2, 0.25) is 0 Å². The van der Waals surface area contributed by atoms with Crippen LogP contribution >= 0.6 is 0 Å². The lowest BCUT2D eigenvalue weighted by atomic mass is 10.0. The third-order valence-electron chi connectivity index (χ3n) is 4.93. The van der Waals surface area contributed by atoms with Gasteiger partial charge in [-0.25, -0.2) is 17.6 Å². The van der Waals surface area contributed by atoms with Crippen LogP contribution in [0.15, 0.2) is 42.0 Å².